The largest absolute Gasteiger partial charge is 0.478 e. The standard InChI is InChI=1S/C21H18N4O2/c1-15-22-11-13-25(15)19-9-5-2-6-16(19)14-24-12-10-23-20(24)17-7-3-4-8-18(17)21(26)27/h2-13H,14H2,1H3,(H,26,27). The highest BCUT2D eigenvalue weighted by atomic mass is 16.4. The summed E-state index contributed by atoms with van der Waals surface area (Å²) in [6.45, 7) is 2.53. The quantitative estimate of drug-likeness (QED) is 0.589. The summed E-state index contributed by atoms with van der Waals surface area (Å²) in [5.74, 6) is 0.573. The number of carboxylic acids is 1. The lowest BCUT2D eigenvalue weighted by atomic mass is 10.1. The van der Waals surface area contributed by atoms with Crippen molar-refractivity contribution in [1.82, 2.24) is 19.1 Å². The molecule has 0 unspecified atom stereocenters. The molecule has 0 aliphatic rings. The molecule has 0 saturated carbocycles. The zero-order valence-electron chi connectivity index (χ0n) is 14.8. The van der Waals surface area contributed by atoms with Crippen molar-refractivity contribution in [2.24, 2.45) is 0 Å². The molecule has 0 amide bonds. The molecule has 2 aromatic heterocycles. The van der Waals surface area contributed by atoms with E-state index in [9.17, 15) is 9.90 Å². The van der Waals surface area contributed by atoms with E-state index in [0.717, 1.165) is 17.1 Å². The summed E-state index contributed by atoms with van der Waals surface area (Å²) in [7, 11) is 0. The summed E-state index contributed by atoms with van der Waals surface area (Å²) in [4.78, 5) is 20.3. The third kappa shape index (κ3) is 3.13. The molecule has 6 nitrogen and oxygen atoms in total. The third-order valence-corrected chi connectivity index (χ3v) is 4.53. The Balaban J connectivity index is 1.77. The minimum Gasteiger partial charge on any atom is -0.478 e. The molecule has 0 atom stereocenters. The Labute approximate surface area is 156 Å². The van der Waals surface area contributed by atoms with Crippen molar-refractivity contribution in [2.75, 3.05) is 0 Å². The first-order valence-electron chi connectivity index (χ1n) is 8.57. The number of aryl methyl sites for hydroxylation is 1. The zero-order chi connectivity index (χ0) is 18.8. The average Bonchev–Trinajstić information content (AvgIpc) is 3.31. The van der Waals surface area contributed by atoms with E-state index >= 15 is 0 Å². The van der Waals surface area contributed by atoms with Gasteiger partial charge in [0.1, 0.15) is 11.6 Å². The van der Waals surface area contributed by atoms with E-state index in [1.54, 1.807) is 30.6 Å². The van der Waals surface area contributed by atoms with Crippen LogP contribution in [0.3, 0.4) is 0 Å². The minimum atomic E-state index is -0.963. The lowest BCUT2D eigenvalue weighted by Gasteiger charge is -2.14. The fraction of sp³-hybridized carbons (Fsp3) is 0.0952. The normalized spacial score (nSPS) is 10.9. The van der Waals surface area contributed by atoms with Crippen LogP contribution in [0.4, 0.5) is 0 Å². The first-order valence-corrected chi connectivity index (χ1v) is 8.57. The second-order valence-electron chi connectivity index (χ2n) is 6.20. The van der Waals surface area contributed by atoms with Crippen molar-refractivity contribution in [3.63, 3.8) is 0 Å². The number of hydrogen-bond acceptors (Lipinski definition) is 3. The lowest BCUT2D eigenvalue weighted by Crippen LogP contribution is -2.08. The SMILES string of the molecule is Cc1nccn1-c1ccccc1Cn1ccnc1-c1ccccc1C(=O)O. The van der Waals surface area contributed by atoms with Gasteiger partial charge in [-0.25, -0.2) is 14.8 Å². The summed E-state index contributed by atoms with van der Waals surface area (Å²) in [5, 5.41) is 9.50. The number of imidazole rings is 2. The Morgan fingerprint density at radius 3 is 2.52 bits per heavy atom. The number of hydrogen-bond donors (Lipinski definition) is 1. The van der Waals surface area contributed by atoms with Gasteiger partial charge in [-0.05, 0) is 24.6 Å². The molecule has 1 N–H and O–H groups in total. The van der Waals surface area contributed by atoms with Crippen molar-refractivity contribution >= 4 is 5.97 Å². The number of carbonyl (C=O) groups is 1. The molecule has 27 heavy (non-hydrogen) atoms. The van der Waals surface area contributed by atoms with Gasteiger partial charge in [-0.3, -0.25) is 0 Å². The van der Waals surface area contributed by atoms with Crippen molar-refractivity contribution in [3.8, 4) is 17.1 Å². The Morgan fingerprint density at radius 2 is 1.74 bits per heavy atom. The van der Waals surface area contributed by atoms with Crippen LogP contribution in [-0.2, 0) is 6.54 Å². The van der Waals surface area contributed by atoms with Crippen LogP contribution in [0.25, 0.3) is 17.1 Å². The van der Waals surface area contributed by atoms with Gasteiger partial charge < -0.3 is 14.2 Å². The minimum absolute atomic E-state index is 0.240. The summed E-state index contributed by atoms with van der Waals surface area (Å²) in [6.07, 6.45) is 7.27. The fourth-order valence-corrected chi connectivity index (χ4v) is 3.24. The van der Waals surface area contributed by atoms with Crippen LogP contribution in [-0.4, -0.2) is 30.2 Å². The number of aromatic nitrogens is 4. The molecule has 0 aliphatic carbocycles. The van der Waals surface area contributed by atoms with Crippen LogP contribution in [0.1, 0.15) is 21.7 Å². The number of rotatable bonds is 5. The Kier molecular flexibility index (Phi) is 4.30. The highest BCUT2D eigenvalue weighted by Gasteiger charge is 2.16. The molecule has 0 aliphatic heterocycles. The smallest absolute Gasteiger partial charge is 0.336 e. The maximum Gasteiger partial charge on any atom is 0.336 e. The summed E-state index contributed by atoms with van der Waals surface area (Å²) in [6, 6.07) is 15.0. The fourth-order valence-electron chi connectivity index (χ4n) is 3.24. The molecule has 2 aromatic carbocycles. The highest BCUT2D eigenvalue weighted by molar-refractivity contribution is 5.95. The Bertz CT molecular complexity index is 1110. The van der Waals surface area contributed by atoms with Crippen LogP contribution in [0.5, 0.6) is 0 Å². The molecule has 134 valence electrons. The van der Waals surface area contributed by atoms with Crippen LogP contribution >= 0.6 is 0 Å². The van der Waals surface area contributed by atoms with E-state index in [4.69, 9.17) is 0 Å². The number of para-hydroxylation sites is 1. The van der Waals surface area contributed by atoms with Crippen molar-refractivity contribution in [2.45, 2.75) is 13.5 Å². The van der Waals surface area contributed by atoms with Gasteiger partial charge in [0.25, 0.3) is 0 Å². The monoisotopic (exact) mass is 358 g/mol. The molecule has 4 aromatic rings. The van der Waals surface area contributed by atoms with E-state index in [0.29, 0.717) is 17.9 Å². The number of aromatic carboxylic acids is 1. The number of benzene rings is 2. The topological polar surface area (TPSA) is 72.9 Å². The summed E-state index contributed by atoms with van der Waals surface area (Å²) >= 11 is 0. The van der Waals surface area contributed by atoms with Crippen LogP contribution in [0.15, 0.2) is 73.3 Å². The van der Waals surface area contributed by atoms with Crippen LogP contribution < -0.4 is 0 Å². The van der Waals surface area contributed by atoms with E-state index in [2.05, 4.69) is 16.0 Å². The maximum absolute atomic E-state index is 11.6. The average molecular weight is 358 g/mol. The van der Waals surface area contributed by atoms with Gasteiger partial charge in [0.05, 0.1) is 17.8 Å². The van der Waals surface area contributed by atoms with E-state index in [-0.39, 0.29) is 5.56 Å². The summed E-state index contributed by atoms with van der Waals surface area (Å²) < 4.78 is 4.00. The molecule has 0 spiro atoms. The van der Waals surface area contributed by atoms with Gasteiger partial charge >= 0.3 is 5.97 Å². The van der Waals surface area contributed by atoms with Crippen molar-refractivity contribution < 1.29 is 9.90 Å². The molecular weight excluding hydrogens is 340 g/mol. The molecule has 2 heterocycles. The summed E-state index contributed by atoms with van der Waals surface area (Å²) in [5.41, 5.74) is 2.97. The van der Waals surface area contributed by atoms with Gasteiger partial charge in [0.2, 0.25) is 0 Å². The van der Waals surface area contributed by atoms with Crippen LogP contribution in [0.2, 0.25) is 0 Å². The predicted molar refractivity (Wildman–Crippen MR) is 102 cm³/mol. The van der Waals surface area contributed by atoms with E-state index in [1.807, 2.05) is 52.7 Å². The molecule has 0 bridgehead atoms. The second-order valence-corrected chi connectivity index (χ2v) is 6.20. The molecule has 6 heteroatoms. The van der Waals surface area contributed by atoms with E-state index < -0.39 is 5.97 Å². The molecule has 0 fully saturated rings. The lowest BCUT2D eigenvalue weighted by molar-refractivity contribution is 0.0697. The second kappa shape index (κ2) is 6.92. The molecule has 0 saturated heterocycles. The van der Waals surface area contributed by atoms with Gasteiger partial charge in [-0.2, -0.15) is 0 Å². The Morgan fingerprint density at radius 1 is 1.00 bits per heavy atom. The zero-order valence-corrected chi connectivity index (χ0v) is 14.8. The third-order valence-electron chi connectivity index (χ3n) is 4.53. The number of nitrogens with zero attached hydrogens (tertiary/aromatic N) is 4. The van der Waals surface area contributed by atoms with Crippen molar-refractivity contribution in [3.05, 3.63) is 90.3 Å². The van der Waals surface area contributed by atoms with Gasteiger partial charge in [0.15, 0.2) is 0 Å². The Hall–Kier alpha value is -3.67. The number of carboxylic acid groups (broad SMARTS) is 1. The van der Waals surface area contributed by atoms with E-state index in [1.165, 1.54) is 0 Å². The van der Waals surface area contributed by atoms with Gasteiger partial charge in [0, 0.05) is 30.4 Å². The van der Waals surface area contributed by atoms with Crippen LogP contribution in [0, 0.1) is 6.92 Å². The first kappa shape index (κ1) is 16.8. The molecule has 0 radical (unpaired) electrons. The highest BCUT2D eigenvalue weighted by Crippen LogP contribution is 2.24. The first-order chi connectivity index (χ1) is 13.1. The molecule has 4 rings (SSSR count). The van der Waals surface area contributed by atoms with Crippen molar-refractivity contribution in [1.29, 1.82) is 0 Å². The van der Waals surface area contributed by atoms with Gasteiger partial charge in [-0.1, -0.05) is 36.4 Å². The van der Waals surface area contributed by atoms with Gasteiger partial charge in [-0.15, -0.1) is 0 Å². The maximum atomic E-state index is 11.6. The predicted octanol–water partition coefficient (Wildman–Crippen LogP) is 3.79. The molecular formula is C21H18N4O2.